The van der Waals surface area contributed by atoms with Gasteiger partial charge in [0.2, 0.25) is 0 Å². The van der Waals surface area contributed by atoms with E-state index >= 15 is 0 Å². The highest BCUT2D eigenvalue weighted by Gasteiger charge is 2.16. The summed E-state index contributed by atoms with van der Waals surface area (Å²) >= 11 is 0. The van der Waals surface area contributed by atoms with Crippen LogP contribution in [0.3, 0.4) is 0 Å². The largest absolute Gasteiger partial charge is 0.457 e. The number of terminal acetylenes is 2. The quantitative estimate of drug-likeness (QED) is 0.290. The molecule has 0 aliphatic heterocycles. The summed E-state index contributed by atoms with van der Waals surface area (Å²) in [6.07, 6.45) is 12.1. The van der Waals surface area contributed by atoms with Crippen LogP contribution in [0.2, 0.25) is 0 Å². The van der Waals surface area contributed by atoms with Gasteiger partial charge in [-0.2, -0.15) is 0 Å². The van der Waals surface area contributed by atoms with Gasteiger partial charge in [-0.25, -0.2) is 9.59 Å². The number of esters is 2. The van der Waals surface area contributed by atoms with E-state index in [1.54, 1.807) is 0 Å². The van der Waals surface area contributed by atoms with Crippen molar-refractivity contribution in [3.63, 3.8) is 0 Å². The van der Waals surface area contributed by atoms with E-state index in [4.69, 9.17) is 12.8 Å². The van der Waals surface area contributed by atoms with E-state index in [-0.39, 0.29) is 13.2 Å². The standard InChI is InChI=1S/C12H14O4/c1-3-5-7-9-15-11(13)12(14)16-10-8-6-4-2/h1-2H,5-10H2. The average Bonchev–Trinajstić information content (AvgIpc) is 2.29. The summed E-state index contributed by atoms with van der Waals surface area (Å²) in [7, 11) is 0. The normalized spacial score (nSPS) is 8.62. The molecule has 0 aromatic heterocycles. The van der Waals surface area contributed by atoms with E-state index < -0.39 is 11.9 Å². The highest BCUT2D eigenvalue weighted by atomic mass is 16.6. The molecule has 0 atom stereocenters. The van der Waals surface area contributed by atoms with Crippen LogP contribution >= 0.6 is 0 Å². The minimum absolute atomic E-state index is 0.127. The van der Waals surface area contributed by atoms with Crippen molar-refractivity contribution in [3.05, 3.63) is 0 Å². The lowest BCUT2D eigenvalue weighted by Crippen LogP contribution is -2.21. The van der Waals surface area contributed by atoms with Gasteiger partial charge >= 0.3 is 11.9 Å². The molecule has 4 heteroatoms. The summed E-state index contributed by atoms with van der Waals surface area (Å²) in [5, 5.41) is 0. The third-order valence-corrected chi connectivity index (χ3v) is 1.56. The zero-order valence-corrected chi connectivity index (χ0v) is 9.03. The van der Waals surface area contributed by atoms with Gasteiger partial charge < -0.3 is 9.47 Å². The predicted octanol–water partition coefficient (Wildman–Crippen LogP) is 0.900. The second kappa shape index (κ2) is 9.61. The number of unbranched alkanes of at least 4 members (excludes halogenated alkanes) is 2. The summed E-state index contributed by atoms with van der Waals surface area (Å²) in [5.41, 5.74) is 0. The SMILES string of the molecule is C#CCCCOC(=O)C(=O)OCCCC#C. The molecule has 0 aromatic carbocycles. The van der Waals surface area contributed by atoms with Gasteiger partial charge in [-0.1, -0.05) is 0 Å². The molecule has 0 fully saturated rings. The number of ether oxygens (including phenoxy) is 2. The summed E-state index contributed by atoms with van der Waals surface area (Å²) < 4.78 is 9.23. The molecule has 0 radical (unpaired) electrons. The number of carbonyl (C=O) groups excluding carboxylic acids is 2. The van der Waals surface area contributed by atoms with Gasteiger partial charge in [0, 0.05) is 12.8 Å². The predicted molar refractivity (Wildman–Crippen MR) is 58.1 cm³/mol. The highest BCUT2D eigenvalue weighted by Crippen LogP contribution is 1.93. The molecule has 0 aliphatic carbocycles. The van der Waals surface area contributed by atoms with E-state index in [0.29, 0.717) is 25.7 Å². The van der Waals surface area contributed by atoms with Crippen LogP contribution in [0.5, 0.6) is 0 Å². The Morgan fingerprint density at radius 3 is 1.56 bits per heavy atom. The number of carbonyl (C=O) groups is 2. The fraction of sp³-hybridized carbons (Fsp3) is 0.500. The topological polar surface area (TPSA) is 52.6 Å². The first-order chi connectivity index (χ1) is 7.72. The van der Waals surface area contributed by atoms with Crippen LogP contribution in [-0.4, -0.2) is 25.2 Å². The minimum atomic E-state index is -0.988. The first-order valence-corrected chi connectivity index (χ1v) is 4.93. The zero-order valence-electron chi connectivity index (χ0n) is 9.03. The van der Waals surface area contributed by atoms with Gasteiger partial charge in [0.1, 0.15) is 0 Å². The van der Waals surface area contributed by atoms with Gasteiger partial charge in [0.05, 0.1) is 13.2 Å². The van der Waals surface area contributed by atoms with Crippen molar-refractivity contribution in [1.29, 1.82) is 0 Å². The summed E-state index contributed by atoms with van der Waals surface area (Å²) in [6, 6.07) is 0. The fourth-order valence-corrected chi connectivity index (χ4v) is 0.796. The van der Waals surface area contributed by atoms with Crippen molar-refractivity contribution in [2.45, 2.75) is 25.7 Å². The molecule has 0 aromatic rings. The molecule has 0 spiro atoms. The third kappa shape index (κ3) is 7.46. The summed E-state index contributed by atoms with van der Waals surface area (Å²) in [6.45, 7) is 0.255. The van der Waals surface area contributed by atoms with E-state index in [1.165, 1.54) is 0 Å². The maximum absolute atomic E-state index is 11.0. The second-order valence-corrected chi connectivity index (χ2v) is 2.89. The monoisotopic (exact) mass is 222 g/mol. The van der Waals surface area contributed by atoms with Crippen LogP contribution in [0.4, 0.5) is 0 Å². The van der Waals surface area contributed by atoms with Crippen molar-refractivity contribution in [2.75, 3.05) is 13.2 Å². The molecule has 0 amide bonds. The van der Waals surface area contributed by atoms with E-state index in [9.17, 15) is 9.59 Å². The molecule has 0 N–H and O–H groups in total. The molecule has 86 valence electrons. The molecule has 0 bridgehead atoms. The first kappa shape index (κ1) is 14.1. The van der Waals surface area contributed by atoms with Gasteiger partial charge in [-0.15, -0.1) is 24.7 Å². The first-order valence-electron chi connectivity index (χ1n) is 4.93. The lowest BCUT2D eigenvalue weighted by atomic mass is 10.3. The van der Waals surface area contributed by atoms with Gasteiger partial charge in [-0.3, -0.25) is 0 Å². The Morgan fingerprint density at radius 1 is 0.875 bits per heavy atom. The Balaban J connectivity index is 3.55. The van der Waals surface area contributed by atoms with Crippen LogP contribution in [0, 0.1) is 24.7 Å². The van der Waals surface area contributed by atoms with Crippen molar-refractivity contribution in [2.24, 2.45) is 0 Å². The van der Waals surface area contributed by atoms with Crippen molar-refractivity contribution in [1.82, 2.24) is 0 Å². The minimum Gasteiger partial charge on any atom is -0.457 e. The summed E-state index contributed by atoms with van der Waals surface area (Å²) in [5.74, 6) is 2.81. The van der Waals surface area contributed by atoms with Crippen LogP contribution < -0.4 is 0 Å². The maximum Gasteiger partial charge on any atom is 0.417 e. The number of rotatable bonds is 6. The van der Waals surface area contributed by atoms with Crippen molar-refractivity contribution in [3.8, 4) is 24.7 Å². The van der Waals surface area contributed by atoms with E-state index in [1.807, 2.05) is 0 Å². The zero-order chi connectivity index (χ0) is 12.2. The van der Waals surface area contributed by atoms with Crippen molar-refractivity contribution < 1.29 is 19.1 Å². The van der Waals surface area contributed by atoms with E-state index in [0.717, 1.165) is 0 Å². The summed E-state index contributed by atoms with van der Waals surface area (Å²) in [4.78, 5) is 22.0. The molecule has 0 unspecified atom stereocenters. The molecular formula is C12H14O4. The van der Waals surface area contributed by atoms with Crippen LogP contribution in [-0.2, 0) is 19.1 Å². The van der Waals surface area contributed by atoms with Crippen molar-refractivity contribution >= 4 is 11.9 Å². The Labute approximate surface area is 95.3 Å². The third-order valence-electron chi connectivity index (χ3n) is 1.56. The second-order valence-electron chi connectivity index (χ2n) is 2.89. The van der Waals surface area contributed by atoms with Crippen LogP contribution in [0.15, 0.2) is 0 Å². The lowest BCUT2D eigenvalue weighted by Gasteiger charge is -2.03. The molecule has 4 nitrogen and oxygen atoms in total. The lowest BCUT2D eigenvalue weighted by molar-refractivity contribution is -0.167. The highest BCUT2D eigenvalue weighted by molar-refractivity contribution is 6.29. The number of hydrogen-bond donors (Lipinski definition) is 0. The molecular weight excluding hydrogens is 208 g/mol. The molecule has 0 aliphatic rings. The Kier molecular flexibility index (Phi) is 8.44. The van der Waals surface area contributed by atoms with Crippen LogP contribution in [0.1, 0.15) is 25.7 Å². The van der Waals surface area contributed by atoms with E-state index in [2.05, 4.69) is 21.3 Å². The smallest absolute Gasteiger partial charge is 0.417 e. The number of hydrogen-bond acceptors (Lipinski definition) is 4. The maximum atomic E-state index is 11.0. The van der Waals surface area contributed by atoms with Gasteiger partial charge in [0.25, 0.3) is 0 Å². The fourth-order valence-electron chi connectivity index (χ4n) is 0.796. The molecule has 16 heavy (non-hydrogen) atoms. The van der Waals surface area contributed by atoms with Gasteiger partial charge in [-0.05, 0) is 12.8 Å². The molecule has 0 rings (SSSR count). The Hall–Kier alpha value is -1.94. The van der Waals surface area contributed by atoms with Gasteiger partial charge in [0.15, 0.2) is 0 Å². The molecule has 0 saturated heterocycles. The molecule has 0 saturated carbocycles. The average molecular weight is 222 g/mol. The molecule has 0 heterocycles. The Bertz CT molecular complexity index is 274. The Morgan fingerprint density at radius 2 is 1.25 bits per heavy atom. The van der Waals surface area contributed by atoms with Crippen LogP contribution in [0.25, 0.3) is 0 Å².